The number of hydrogen-bond donors (Lipinski definition) is 2. The van der Waals surface area contributed by atoms with Gasteiger partial charge < -0.3 is 24.6 Å². The molecule has 5 aliphatic rings. The number of aliphatic hydroxyl groups excluding tert-OH is 2. The Labute approximate surface area is 205 Å². The lowest BCUT2D eigenvalue weighted by molar-refractivity contribution is -0.178. The van der Waals surface area contributed by atoms with Crippen LogP contribution in [0.25, 0.3) is 0 Å². The predicted octanol–water partition coefficient (Wildman–Crippen LogP) is 3.92. The molecule has 0 radical (unpaired) electrons. The van der Waals surface area contributed by atoms with Gasteiger partial charge in [0.05, 0.1) is 19.3 Å². The number of carbonyl (C=O) groups is 1. The molecule has 9 atom stereocenters. The Morgan fingerprint density at radius 1 is 1.06 bits per heavy atom. The van der Waals surface area contributed by atoms with Gasteiger partial charge in [0.15, 0.2) is 0 Å². The van der Waals surface area contributed by atoms with Crippen LogP contribution in [0.2, 0.25) is 0 Å². The molecule has 1 amide bonds. The van der Waals surface area contributed by atoms with Gasteiger partial charge in [-0.3, -0.25) is 4.79 Å². The molecule has 6 heteroatoms. The third-order valence-corrected chi connectivity index (χ3v) is 10.9. The molecule has 0 aromatic carbocycles. The molecule has 2 heterocycles. The van der Waals surface area contributed by atoms with Gasteiger partial charge in [-0.05, 0) is 113 Å². The zero-order valence-corrected chi connectivity index (χ0v) is 21.4. The second-order valence-corrected chi connectivity index (χ2v) is 12.6. The minimum absolute atomic E-state index is 0.0126. The third kappa shape index (κ3) is 4.35. The van der Waals surface area contributed by atoms with Gasteiger partial charge >= 0.3 is 0 Å². The van der Waals surface area contributed by atoms with Gasteiger partial charge in [0.1, 0.15) is 12.2 Å². The van der Waals surface area contributed by atoms with Crippen molar-refractivity contribution in [2.75, 3.05) is 26.4 Å². The van der Waals surface area contributed by atoms with Crippen molar-refractivity contribution in [3.8, 4) is 0 Å². The summed E-state index contributed by atoms with van der Waals surface area (Å²) in [5, 5.41) is 18.8. The van der Waals surface area contributed by atoms with E-state index in [2.05, 4.69) is 18.7 Å². The maximum Gasteiger partial charge on any atom is 0.252 e. The van der Waals surface area contributed by atoms with Crippen molar-refractivity contribution in [2.24, 2.45) is 29.1 Å². The zero-order valence-electron chi connectivity index (χ0n) is 21.4. The summed E-state index contributed by atoms with van der Waals surface area (Å²) < 4.78 is 11.9. The number of nitrogens with zero attached hydrogens (tertiary/aromatic N) is 1. The predicted molar refractivity (Wildman–Crippen MR) is 130 cm³/mol. The maximum atomic E-state index is 13.6. The minimum atomic E-state index is -0.768. The van der Waals surface area contributed by atoms with E-state index in [0.717, 1.165) is 69.9 Å². The van der Waals surface area contributed by atoms with Crippen LogP contribution in [0.4, 0.5) is 0 Å². The van der Waals surface area contributed by atoms with Crippen molar-refractivity contribution in [1.29, 1.82) is 0 Å². The van der Waals surface area contributed by atoms with Crippen LogP contribution < -0.4 is 0 Å². The van der Waals surface area contributed by atoms with E-state index in [0.29, 0.717) is 17.3 Å². The van der Waals surface area contributed by atoms with Crippen LogP contribution in [-0.4, -0.2) is 71.2 Å². The van der Waals surface area contributed by atoms with Crippen molar-refractivity contribution in [3.05, 3.63) is 0 Å². The van der Waals surface area contributed by atoms with Crippen LogP contribution >= 0.6 is 0 Å². The molecule has 5 fully saturated rings. The van der Waals surface area contributed by atoms with E-state index in [-0.39, 0.29) is 36.9 Å². The molecule has 5 rings (SSSR count). The zero-order chi connectivity index (χ0) is 23.9. The summed E-state index contributed by atoms with van der Waals surface area (Å²) in [5.41, 5.74) is 0.347. The Kier molecular flexibility index (Phi) is 7.34. The van der Waals surface area contributed by atoms with Gasteiger partial charge in [0.25, 0.3) is 5.91 Å². The minimum Gasteiger partial charge on any atom is -0.394 e. The SMILES string of the molecule is C[C@]12CC[C@H](OC[C@@H](O)CO)CC1CCC1[C@@H]2CC[C@@]2(C)[C@H]1CCCN2C(=O)[C@H]1CCCCO1. The summed E-state index contributed by atoms with van der Waals surface area (Å²) in [6, 6.07) is 0. The first-order valence-electron chi connectivity index (χ1n) is 14.2. The number of likely N-dealkylation sites (tertiary alicyclic amines) is 1. The highest BCUT2D eigenvalue weighted by Crippen LogP contribution is 2.63. The van der Waals surface area contributed by atoms with Crippen molar-refractivity contribution in [2.45, 2.75) is 115 Å². The van der Waals surface area contributed by atoms with Crippen LogP contribution in [-0.2, 0) is 14.3 Å². The monoisotopic (exact) mass is 477 g/mol. The van der Waals surface area contributed by atoms with Gasteiger partial charge in [-0.2, -0.15) is 0 Å². The first-order valence-corrected chi connectivity index (χ1v) is 14.2. The van der Waals surface area contributed by atoms with E-state index >= 15 is 0 Å². The molecular formula is C28H47NO5. The average molecular weight is 478 g/mol. The molecule has 0 aromatic rings. The first-order chi connectivity index (χ1) is 16.4. The van der Waals surface area contributed by atoms with E-state index in [1.807, 2.05) is 0 Å². The van der Waals surface area contributed by atoms with Crippen LogP contribution in [0.5, 0.6) is 0 Å². The fraction of sp³-hybridized carbons (Fsp3) is 0.964. The lowest BCUT2D eigenvalue weighted by Crippen LogP contribution is -2.66. The van der Waals surface area contributed by atoms with Gasteiger partial charge in [0, 0.05) is 18.7 Å². The highest BCUT2D eigenvalue weighted by atomic mass is 16.5. The lowest BCUT2D eigenvalue weighted by Gasteiger charge is -2.64. The quantitative estimate of drug-likeness (QED) is 0.628. The number of hydrogen-bond acceptors (Lipinski definition) is 5. The molecule has 2 unspecified atom stereocenters. The summed E-state index contributed by atoms with van der Waals surface area (Å²) in [5.74, 6) is 3.03. The molecule has 3 saturated carbocycles. The first kappa shape index (κ1) is 25.0. The standard InChI is InChI=1S/C28H47NO5/c1-27-12-10-21(34-18-20(31)17-30)16-19(27)8-9-22-23(27)11-13-28(2)24(22)6-5-14-29(28)26(32)25-7-3-4-15-33-25/h19-25,30-31H,3-18H2,1-2H3/t19?,20-,21-,22?,23-,24-,25+,27-,28-/m0/s1. The molecule has 2 aliphatic heterocycles. The Morgan fingerprint density at radius 2 is 1.91 bits per heavy atom. The molecule has 3 aliphatic carbocycles. The van der Waals surface area contributed by atoms with Crippen LogP contribution in [0.15, 0.2) is 0 Å². The van der Waals surface area contributed by atoms with Crippen LogP contribution in [0.1, 0.15) is 90.9 Å². The van der Waals surface area contributed by atoms with Gasteiger partial charge in [-0.15, -0.1) is 0 Å². The number of fused-ring (bicyclic) bond motifs is 5. The maximum absolute atomic E-state index is 13.6. The Hall–Kier alpha value is -0.690. The average Bonchev–Trinajstić information content (AvgIpc) is 2.86. The lowest BCUT2D eigenvalue weighted by atomic mass is 9.45. The van der Waals surface area contributed by atoms with E-state index < -0.39 is 6.10 Å². The normalized spacial score (nSPS) is 45.6. The van der Waals surface area contributed by atoms with Gasteiger partial charge in [-0.1, -0.05) is 6.92 Å². The van der Waals surface area contributed by atoms with E-state index in [1.54, 1.807) is 0 Å². The molecule has 0 spiro atoms. The van der Waals surface area contributed by atoms with Crippen LogP contribution in [0, 0.1) is 29.1 Å². The third-order valence-electron chi connectivity index (χ3n) is 10.9. The van der Waals surface area contributed by atoms with Crippen molar-refractivity contribution in [1.82, 2.24) is 4.90 Å². The smallest absolute Gasteiger partial charge is 0.252 e. The molecule has 34 heavy (non-hydrogen) atoms. The topological polar surface area (TPSA) is 79.2 Å². The molecule has 6 nitrogen and oxygen atoms in total. The van der Waals surface area contributed by atoms with Crippen molar-refractivity contribution in [3.63, 3.8) is 0 Å². The van der Waals surface area contributed by atoms with Gasteiger partial charge in [0.2, 0.25) is 0 Å². The van der Waals surface area contributed by atoms with E-state index in [4.69, 9.17) is 14.6 Å². The number of ether oxygens (including phenoxy) is 2. The number of aliphatic hydroxyl groups is 2. The van der Waals surface area contributed by atoms with E-state index in [1.165, 1.54) is 32.1 Å². The molecule has 2 N–H and O–H groups in total. The number of carbonyl (C=O) groups excluding carboxylic acids is 1. The summed E-state index contributed by atoms with van der Waals surface area (Å²) in [6.07, 6.45) is 12.9. The Bertz CT molecular complexity index is 726. The fourth-order valence-corrected chi connectivity index (χ4v) is 9.03. The molecular weight excluding hydrogens is 430 g/mol. The van der Waals surface area contributed by atoms with Crippen molar-refractivity contribution >= 4 is 5.91 Å². The molecule has 0 bridgehead atoms. The van der Waals surface area contributed by atoms with E-state index in [9.17, 15) is 9.90 Å². The molecule has 2 saturated heterocycles. The highest BCUT2D eigenvalue weighted by Gasteiger charge is 2.59. The second-order valence-electron chi connectivity index (χ2n) is 12.6. The summed E-state index contributed by atoms with van der Waals surface area (Å²) in [7, 11) is 0. The highest BCUT2D eigenvalue weighted by molar-refractivity contribution is 5.82. The largest absolute Gasteiger partial charge is 0.394 e. The Morgan fingerprint density at radius 3 is 2.68 bits per heavy atom. The Balaban J connectivity index is 1.28. The van der Waals surface area contributed by atoms with Crippen molar-refractivity contribution < 1.29 is 24.5 Å². The second kappa shape index (κ2) is 9.99. The van der Waals surface area contributed by atoms with Crippen LogP contribution in [0.3, 0.4) is 0 Å². The number of amides is 1. The molecule has 0 aromatic heterocycles. The fourth-order valence-electron chi connectivity index (χ4n) is 9.03. The summed E-state index contributed by atoms with van der Waals surface area (Å²) in [6.45, 7) is 6.60. The molecule has 194 valence electrons. The number of rotatable bonds is 5. The summed E-state index contributed by atoms with van der Waals surface area (Å²) >= 11 is 0. The number of piperidine rings is 1. The van der Waals surface area contributed by atoms with Gasteiger partial charge in [-0.25, -0.2) is 0 Å². The summed E-state index contributed by atoms with van der Waals surface area (Å²) in [4.78, 5) is 15.9.